The van der Waals surface area contributed by atoms with E-state index in [1.165, 1.54) is 5.56 Å². The maximum atomic E-state index is 5.76. The molecule has 0 aliphatic carbocycles. The molecule has 0 atom stereocenters. The first kappa shape index (κ1) is 15.3. The third-order valence-electron chi connectivity index (χ3n) is 4.51. The predicted octanol–water partition coefficient (Wildman–Crippen LogP) is 2.95. The second kappa shape index (κ2) is 6.15. The Balaban J connectivity index is 1.87. The zero-order valence-corrected chi connectivity index (χ0v) is 13.0. The van der Waals surface area contributed by atoms with Gasteiger partial charge in [0.1, 0.15) is 0 Å². The van der Waals surface area contributed by atoms with Crippen LogP contribution in [-0.4, -0.2) is 26.3 Å². The Hall–Kier alpha value is -1.06. The summed E-state index contributed by atoms with van der Waals surface area (Å²) in [6.45, 7) is 10.8. The fourth-order valence-corrected chi connectivity index (χ4v) is 2.75. The largest absolute Gasteiger partial charge is 0.399 e. The minimum Gasteiger partial charge on any atom is -0.399 e. The molecular weight excluding hydrogens is 248 g/mol. The Labute approximate surface area is 122 Å². The number of hydrogen-bond donors (Lipinski definition) is 2. The lowest BCUT2D eigenvalue weighted by atomic mass is 9.81. The van der Waals surface area contributed by atoms with E-state index in [0.717, 1.165) is 44.8 Å². The maximum absolute atomic E-state index is 5.76. The second-order valence-electron chi connectivity index (χ2n) is 7.03. The van der Waals surface area contributed by atoms with Gasteiger partial charge >= 0.3 is 0 Å². The van der Waals surface area contributed by atoms with E-state index in [4.69, 9.17) is 10.5 Å². The van der Waals surface area contributed by atoms with Crippen LogP contribution in [0.2, 0.25) is 0 Å². The lowest BCUT2D eigenvalue weighted by Crippen LogP contribution is -2.41. The molecule has 3 nitrogen and oxygen atoms in total. The second-order valence-corrected chi connectivity index (χ2v) is 7.03. The number of rotatable bonds is 5. The van der Waals surface area contributed by atoms with Crippen molar-refractivity contribution in [2.24, 2.45) is 5.41 Å². The van der Waals surface area contributed by atoms with Crippen molar-refractivity contribution in [3.63, 3.8) is 0 Å². The Morgan fingerprint density at radius 1 is 1.20 bits per heavy atom. The molecule has 0 amide bonds. The van der Waals surface area contributed by atoms with Crippen LogP contribution >= 0.6 is 0 Å². The van der Waals surface area contributed by atoms with Gasteiger partial charge in [-0.15, -0.1) is 0 Å². The summed E-state index contributed by atoms with van der Waals surface area (Å²) < 4.78 is 5.45. The van der Waals surface area contributed by atoms with E-state index in [2.05, 4.69) is 38.2 Å². The fraction of sp³-hybridized carbons (Fsp3) is 0.647. The average Bonchev–Trinajstić information content (AvgIpc) is 2.39. The van der Waals surface area contributed by atoms with Crippen molar-refractivity contribution < 1.29 is 4.74 Å². The van der Waals surface area contributed by atoms with E-state index in [1.807, 2.05) is 12.1 Å². The van der Waals surface area contributed by atoms with E-state index in [9.17, 15) is 0 Å². The SMILES string of the molecule is CC1(CNCC(C)(C)c2ccc(N)cc2)CCOCC1. The van der Waals surface area contributed by atoms with Crippen molar-refractivity contribution in [1.29, 1.82) is 0 Å². The topological polar surface area (TPSA) is 47.3 Å². The Kier molecular flexibility index (Phi) is 4.71. The van der Waals surface area contributed by atoms with Gasteiger partial charge in [0.25, 0.3) is 0 Å². The molecule has 0 aromatic heterocycles. The highest BCUT2D eigenvalue weighted by atomic mass is 16.5. The molecule has 3 heteroatoms. The van der Waals surface area contributed by atoms with Crippen molar-refractivity contribution in [2.75, 3.05) is 32.0 Å². The molecule has 0 saturated carbocycles. The first-order valence-corrected chi connectivity index (χ1v) is 7.56. The minimum atomic E-state index is 0.120. The molecular formula is C17H28N2O. The van der Waals surface area contributed by atoms with Gasteiger partial charge in [-0.3, -0.25) is 0 Å². The highest BCUT2D eigenvalue weighted by Gasteiger charge is 2.28. The summed E-state index contributed by atoms with van der Waals surface area (Å²) in [6, 6.07) is 8.23. The number of nitrogens with two attached hydrogens (primary N) is 1. The number of nitrogens with one attached hydrogen (secondary N) is 1. The lowest BCUT2D eigenvalue weighted by molar-refractivity contribution is 0.0237. The Morgan fingerprint density at radius 2 is 1.80 bits per heavy atom. The molecule has 2 rings (SSSR count). The quantitative estimate of drug-likeness (QED) is 0.813. The van der Waals surface area contributed by atoms with Crippen LogP contribution in [0.1, 0.15) is 39.2 Å². The summed E-state index contributed by atoms with van der Waals surface area (Å²) in [7, 11) is 0. The molecule has 3 N–H and O–H groups in total. The highest BCUT2D eigenvalue weighted by molar-refractivity contribution is 5.41. The van der Waals surface area contributed by atoms with Crippen LogP contribution in [0, 0.1) is 5.41 Å². The fourth-order valence-electron chi connectivity index (χ4n) is 2.75. The summed E-state index contributed by atoms with van der Waals surface area (Å²) in [5, 5.41) is 3.66. The van der Waals surface area contributed by atoms with Crippen LogP contribution in [-0.2, 0) is 10.2 Å². The molecule has 1 aliphatic heterocycles. The van der Waals surface area contributed by atoms with Crippen LogP contribution in [0.15, 0.2) is 24.3 Å². The summed E-state index contributed by atoms with van der Waals surface area (Å²) in [4.78, 5) is 0. The summed E-state index contributed by atoms with van der Waals surface area (Å²) >= 11 is 0. The van der Waals surface area contributed by atoms with Gasteiger partial charge in [0, 0.05) is 37.4 Å². The predicted molar refractivity (Wildman–Crippen MR) is 84.9 cm³/mol. The van der Waals surface area contributed by atoms with E-state index in [-0.39, 0.29) is 5.41 Å². The number of hydrogen-bond acceptors (Lipinski definition) is 3. The molecule has 0 radical (unpaired) electrons. The number of benzene rings is 1. The molecule has 0 bridgehead atoms. The van der Waals surface area contributed by atoms with Gasteiger partial charge in [0.2, 0.25) is 0 Å². The molecule has 1 heterocycles. The van der Waals surface area contributed by atoms with Crippen LogP contribution in [0.4, 0.5) is 5.69 Å². The molecule has 112 valence electrons. The maximum Gasteiger partial charge on any atom is 0.0471 e. The smallest absolute Gasteiger partial charge is 0.0471 e. The molecule has 20 heavy (non-hydrogen) atoms. The third-order valence-corrected chi connectivity index (χ3v) is 4.51. The third kappa shape index (κ3) is 3.97. The van der Waals surface area contributed by atoms with Crippen molar-refractivity contribution in [3.8, 4) is 0 Å². The van der Waals surface area contributed by atoms with Crippen molar-refractivity contribution >= 4 is 5.69 Å². The first-order chi connectivity index (χ1) is 9.41. The van der Waals surface area contributed by atoms with Gasteiger partial charge in [-0.05, 0) is 36.0 Å². The van der Waals surface area contributed by atoms with Crippen molar-refractivity contribution in [1.82, 2.24) is 5.32 Å². The first-order valence-electron chi connectivity index (χ1n) is 7.56. The monoisotopic (exact) mass is 276 g/mol. The Bertz CT molecular complexity index is 419. The Morgan fingerprint density at radius 3 is 2.40 bits per heavy atom. The summed E-state index contributed by atoms with van der Waals surface area (Å²) in [5.74, 6) is 0. The zero-order valence-electron chi connectivity index (χ0n) is 13.0. The van der Waals surface area contributed by atoms with Crippen LogP contribution in [0.3, 0.4) is 0 Å². The molecule has 1 aliphatic rings. The minimum absolute atomic E-state index is 0.120. The van der Waals surface area contributed by atoms with E-state index in [1.54, 1.807) is 0 Å². The van der Waals surface area contributed by atoms with Crippen molar-refractivity contribution in [3.05, 3.63) is 29.8 Å². The van der Waals surface area contributed by atoms with E-state index < -0.39 is 0 Å². The zero-order chi connectivity index (χ0) is 14.6. The van der Waals surface area contributed by atoms with Crippen LogP contribution in [0.5, 0.6) is 0 Å². The summed E-state index contributed by atoms with van der Waals surface area (Å²) in [6.07, 6.45) is 2.31. The van der Waals surface area contributed by atoms with Gasteiger partial charge in [-0.2, -0.15) is 0 Å². The molecule has 1 aromatic carbocycles. The summed E-state index contributed by atoms with van der Waals surface area (Å²) in [5.41, 5.74) is 8.42. The van der Waals surface area contributed by atoms with Gasteiger partial charge in [-0.1, -0.05) is 32.9 Å². The highest BCUT2D eigenvalue weighted by Crippen LogP contribution is 2.29. The van der Waals surface area contributed by atoms with Crippen molar-refractivity contribution in [2.45, 2.75) is 39.0 Å². The molecule has 1 saturated heterocycles. The van der Waals surface area contributed by atoms with E-state index in [0.29, 0.717) is 5.41 Å². The number of anilines is 1. The van der Waals surface area contributed by atoms with Crippen LogP contribution < -0.4 is 11.1 Å². The van der Waals surface area contributed by atoms with Gasteiger partial charge in [0.15, 0.2) is 0 Å². The van der Waals surface area contributed by atoms with Crippen LogP contribution in [0.25, 0.3) is 0 Å². The molecule has 1 fully saturated rings. The number of nitrogen functional groups attached to an aromatic ring is 1. The van der Waals surface area contributed by atoms with Gasteiger partial charge in [-0.25, -0.2) is 0 Å². The standard InChI is InChI=1S/C17H28N2O/c1-16(2,14-4-6-15(18)7-5-14)12-19-13-17(3)8-10-20-11-9-17/h4-7,19H,8-13,18H2,1-3H3. The molecule has 0 unspecified atom stereocenters. The normalized spacial score (nSPS) is 18.9. The molecule has 1 aromatic rings. The average molecular weight is 276 g/mol. The molecule has 0 spiro atoms. The van der Waals surface area contributed by atoms with Gasteiger partial charge in [0.05, 0.1) is 0 Å². The van der Waals surface area contributed by atoms with Gasteiger partial charge < -0.3 is 15.8 Å². The number of ether oxygens (including phenoxy) is 1. The lowest BCUT2D eigenvalue weighted by Gasteiger charge is -2.35. The van der Waals surface area contributed by atoms with E-state index >= 15 is 0 Å².